The van der Waals surface area contributed by atoms with Crippen molar-refractivity contribution in [3.8, 4) is 5.75 Å². The standard InChI is InChI=1S/C21H23FN2O2/c1-26-19-7-6-15(10-18(19)22)13-24-9-8-21(14-24)11-16-4-2-3-5-17(16)12-23-20(21)25/h2-7,10H,8-9,11-14H2,1H3,(H,23,25). The summed E-state index contributed by atoms with van der Waals surface area (Å²) in [5, 5.41) is 3.10. The Kier molecular flexibility index (Phi) is 4.41. The van der Waals surface area contributed by atoms with Gasteiger partial charge in [0.25, 0.3) is 0 Å². The zero-order valence-electron chi connectivity index (χ0n) is 14.9. The van der Waals surface area contributed by atoms with Crippen LogP contribution in [-0.4, -0.2) is 31.0 Å². The Morgan fingerprint density at radius 3 is 2.81 bits per heavy atom. The van der Waals surface area contributed by atoms with Gasteiger partial charge in [0.2, 0.25) is 5.91 Å². The third-order valence-electron chi connectivity index (χ3n) is 5.62. The van der Waals surface area contributed by atoms with Crippen molar-refractivity contribution in [2.24, 2.45) is 5.41 Å². The van der Waals surface area contributed by atoms with E-state index < -0.39 is 5.41 Å². The van der Waals surface area contributed by atoms with E-state index in [4.69, 9.17) is 4.74 Å². The first-order valence-corrected chi connectivity index (χ1v) is 8.99. The second-order valence-electron chi connectivity index (χ2n) is 7.34. The average Bonchev–Trinajstić information content (AvgIpc) is 2.98. The number of fused-ring (bicyclic) bond motifs is 1. The molecular formula is C21H23FN2O2. The number of carbonyl (C=O) groups excluding carboxylic acids is 1. The van der Waals surface area contributed by atoms with Crippen molar-refractivity contribution in [3.63, 3.8) is 0 Å². The van der Waals surface area contributed by atoms with E-state index in [1.807, 2.05) is 18.2 Å². The zero-order valence-corrected chi connectivity index (χ0v) is 14.9. The third-order valence-corrected chi connectivity index (χ3v) is 5.62. The molecule has 26 heavy (non-hydrogen) atoms. The van der Waals surface area contributed by atoms with Gasteiger partial charge in [-0.2, -0.15) is 0 Å². The number of rotatable bonds is 3. The van der Waals surface area contributed by atoms with Crippen LogP contribution in [0.25, 0.3) is 0 Å². The van der Waals surface area contributed by atoms with Gasteiger partial charge in [-0.15, -0.1) is 0 Å². The van der Waals surface area contributed by atoms with Gasteiger partial charge in [0, 0.05) is 19.6 Å². The second-order valence-corrected chi connectivity index (χ2v) is 7.34. The molecule has 1 spiro atoms. The third kappa shape index (κ3) is 3.07. The molecule has 1 amide bonds. The monoisotopic (exact) mass is 354 g/mol. The van der Waals surface area contributed by atoms with Crippen LogP contribution in [0, 0.1) is 11.2 Å². The summed E-state index contributed by atoms with van der Waals surface area (Å²) >= 11 is 0. The molecule has 1 unspecified atom stereocenters. The highest BCUT2D eigenvalue weighted by atomic mass is 19.1. The van der Waals surface area contributed by atoms with Crippen molar-refractivity contribution in [2.45, 2.75) is 25.9 Å². The van der Waals surface area contributed by atoms with Gasteiger partial charge < -0.3 is 10.1 Å². The molecular weight excluding hydrogens is 331 g/mol. The van der Waals surface area contributed by atoms with Gasteiger partial charge in [0.15, 0.2) is 11.6 Å². The molecule has 0 saturated carbocycles. The Labute approximate surface area is 153 Å². The molecule has 2 aliphatic heterocycles. The number of methoxy groups -OCH3 is 1. The number of halogens is 1. The van der Waals surface area contributed by atoms with E-state index in [0.717, 1.165) is 24.9 Å². The molecule has 2 aromatic carbocycles. The Hall–Kier alpha value is -2.40. The maximum Gasteiger partial charge on any atom is 0.228 e. The van der Waals surface area contributed by atoms with E-state index >= 15 is 0 Å². The fourth-order valence-electron chi connectivity index (χ4n) is 4.20. The van der Waals surface area contributed by atoms with Crippen LogP contribution in [0.4, 0.5) is 4.39 Å². The number of benzene rings is 2. The van der Waals surface area contributed by atoms with Crippen LogP contribution in [0.15, 0.2) is 42.5 Å². The lowest BCUT2D eigenvalue weighted by molar-refractivity contribution is -0.130. The Morgan fingerprint density at radius 2 is 2.04 bits per heavy atom. The van der Waals surface area contributed by atoms with Crippen molar-refractivity contribution in [3.05, 3.63) is 65.0 Å². The minimum atomic E-state index is -0.391. The molecule has 0 bridgehead atoms. The molecule has 0 radical (unpaired) electrons. The number of amides is 1. The molecule has 5 heteroatoms. The molecule has 1 N–H and O–H groups in total. The van der Waals surface area contributed by atoms with Gasteiger partial charge in [-0.1, -0.05) is 30.3 Å². The van der Waals surface area contributed by atoms with E-state index in [0.29, 0.717) is 19.6 Å². The first-order chi connectivity index (χ1) is 12.6. The minimum absolute atomic E-state index is 0.136. The highest BCUT2D eigenvalue weighted by Crippen LogP contribution is 2.37. The number of nitrogens with zero attached hydrogens (tertiary/aromatic N) is 1. The van der Waals surface area contributed by atoms with E-state index in [9.17, 15) is 9.18 Å². The van der Waals surface area contributed by atoms with Crippen molar-refractivity contribution in [2.75, 3.05) is 20.2 Å². The smallest absolute Gasteiger partial charge is 0.228 e. The molecule has 1 saturated heterocycles. The Morgan fingerprint density at radius 1 is 1.23 bits per heavy atom. The van der Waals surface area contributed by atoms with Gasteiger partial charge >= 0.3 is 0 Å². The number of carbonyl (C=O) groups is 1. The number of nitrogens with one attached hydrogen (secondary N) is 1. The number of ether oxygens (including phenoxy) is 1. The van der Waals surface area contributed by atoms with Crippen LogP contribution in [-0.2, 0) is 24.3 Å². The van der Waals surface area contributed by atoms with E-state index in [-0.39, 0.29) is 17.5 Å². The number of hydrogen-bond donors (Lipinski definition) is 1. The molecule has 4 rings (SSSR count). The molecule has 2 aromatic rings. The van der Waals surface area contributed by atoms with Gasteiger partial charge in [-0.25, -0.2) is 4.39 Å². The van der Waals surface area contributed by atoms with Gasteiger partial charge in [0.05, 0.1) is 12.5 Å². The van der Waals surface area contributed by atoms with Crippen LogP contribution >= 0.6 is 0 Å². The average molecular weight is 354 g/mol. The molecule has 2 aliphatic rings. The summed E-state index contributed by atoms with van der Waals surface area (Å²) in [5.41, 5.74) is 2.96. The zero-order chi connectivity index (χ0) is 18.1. The highest BCUT2D eigenvalue weighted by Gasteiger charge is 2.45. The minimum Gasteiger partial charge on any atom is -0.494 e. The maximum atomic E-state index is 13.9. The summed E-state index contributed by atoms with van der Waals surface area (Å²) in [6.07, 6.45) is 1.59. The summed E-state index contributed by atoms with van der Waals surface area (Å²) < 4.78 is 18.9. The largest absolute Gasteiger partial charge is 0.494 e. The van der Waals surface area contributed by atoms with Gasteiger partial charge in [-0.3, -0.25) is 9.69 Å². The Balaban J connectivity index is 1.52. The molecule has 1 fully saturated rings. The van der Waals surface area contributed by atoms with Crippen molar-refractivity contribution in [1.82, 2.24) is 10.2 Å². The summed E-state index contributed by atoms with van der Waals surface area (Å²) in [5.74, 6) is 0.0450. The normalized spacial score (nSPS) is 22.8. The SMILES string of the molecule is COc1ccc(CN2CCC3(Cc4ccccc4CNC3=O)C2)cc1F. The van der Waals surface area contributed by atoms with Gasteiger partial charge in [0.1, 0.15) is 0 Å². The maximum absolute atomic E-state index is 13.9. The van der Waals surface area contributed by atoms with Crippen LogP contribution in [0.3, 0.4) is 0 Å². The Bertz CT molecular complexity index is 839. The van der Waals surface area contributed by atoms with Crippen molar-refractivity contribution >= 4 is 5.91 Å². The van der Waals surface area contributed by atoms with Crippen LogP contribution < -0.4 is 10.1 Å². The predicted octanol–water partition coefficient (Wildman–Crippen LogP) is 2.90. The van der Waals surface area contributed by atoms with E-state index in [2.05, 4.69) is 22.3 Å². The first kappa shape index (κ1) is 17.0. The van der Waals surface area contributed by atoms with Gasteiger partial charge in [-0.05, 0) is 48.2 Å². The first-order valence-electron chi connectivity index (χ1n) is 8.99. The second kappa shape index (κ2) is 6.72. The van der Waals surface area contributed by atoms with Crippen LogP contribution in [0.2, 0.25) is 0 Å². The summed E-state index contributed by atoms with van der Waals surface area (Å²) in [7, 11) is 1.46. The molecule has 136 valence electrons. The van der Waals surface area contributed by atoms with E-state index in [1.165, 1.54) is 24.3 Å². The molecule has 0 aliphatic carbocycles. The topological polar surface area (TPSA) is 41.6 Å². The van der Waals surface area contributed by atoms with Crippen LogP contribution in [0.5, 0.6) is 5.75 Å². The van der Waals surface area contributed by atoms with E-state index in [1.54, 1.807) is 6.07 Å². The summed E-state index contributed by atoms with van der Waals surface area (Å²) in [6.45, 7) is 2.77. The van der Waals surface area contributed by atoms with Crippen molar-refractivity contribution in [1.29, 1.82) is 0 Å². The van der Waals surface area contributed by atoms with Crippen LogP contribution in [0.1, 0.15) is 23.1 Å². The lowest BCUT2D eigenvalue weighted by Gasteiger charge is -2.26. The van der Waals surface area contributed by atoms with Crippen molar-refractivity contribution < 1.29 is 13.9 Å². The quantitative estimate of drug-likeness (QED) is 0.922. The highest BCUT2D eigenvalue weighted by molar-refractivity contribution is 5.84. The lowest BCUT2D eigenvalue weighted by atomic mass is 9.80. The number of likely N-dealkylation sites (tertiary alicyclic amines) is 1. The lowest BCUT2D eigenvalue weighted by Crippen LogP contribution is -2.42. The fraction of sp³-hybridized carbons (Fsp3) is 0.381. The number of hydrogen-bond acceptors (Lipinski definition) is 3. The molecule has 4 nitrogen and oxygen atoms in total. The molecule has 2 heterocycles. The molecule has 1 atom stereocenters. The predicted molar refractivity (Wildman–Crippen MR) is 97.3 cm³/mol. The summed E-state index contributed by atoms with van der Waals surface area (Å²) in [4.78, 5) is 15.1. The molecule has 0 aromatic heterocycles. The summed E-state index contributed by atoms with van der Waals surface area (Å²) in [6, 6.07) is 13.3. The fourth-order valence-corrected chi connectivity index (χ4v) is 4.20.